The first-order valence-corrected chi connectivity index (χ1v) is 4.92. The van der Waals surface area contributed by atoms with E-state index in [0.717, 1.165) is 17.7 Å². The van der Waals surface area contributed by atoms with E-state index in [1.54, 1.807) is 7.11 Å². The number of benzene rings is 1. The van der Waals surface area contributed by atoms with Gasteiger partial charge in [-0.1, -0.05) is 12.1 Å². The predicted molar refractivity (Wildman–Crippen MR) is 57.9 cm³/mol. The van der Waals surface area contributed by atoms with Gasteiger partial charge in [-0.3, -0.25) is 4.79 Å². The van der Waals surface area contributed by atoms with E-state index in [4.69, 9.17) is 9.47 Å². The molecule has 0 bridgehead atoms. The lowest BCUT2D eigenvalue weighted by Gasteiger charge is -2.11. The van der Waals surface area contributed by atoms with Crippen LogP contribution in [-0.4, -0.2) is 19.2 Å². The van der Waals surface area contributed by atoms with Gasteiger partial charge >= 0.3 is 5.97 Å². The molecule has 1 aromatic rings. The summed E-state index contributed by atoms with van der Waals surface area (Å²) in [6.45, 7) is 3.30. The topological polar surface area (TPSA) is 35.5 Å². The maximum absolute atomic E-state index is 10.7. The van der Waals surface area contributed by atoms with Crippen molar-refractivity contribution in [2.24, 2.45) is 0 Å². The van der Waals surface area contributed by atoms with Crippen LogP contribution >= 0.6 is 0 Å². The molecule has 0 aliphatic carbocycles. The van der Waals surface area contributed by atoms with E-state index in [9.17, 15) is 4.79 Å². The van der Waals surface area contributed by atoms with Crippen molar-refractivity contribution in [3.05, 3.63) is 29.8 Å². The third kappa shape index (κ3) is 4.02. The minimum absolute atomic E-state index is 0.0871. The summed E-state index contributed by atoms with van der Waals surface area (Å²) in [5, 5.41) is 0. The molecule has 0 heterocycles. The summed E-state index contributed by atoms with van der Waals surface area (Å²) in [4.78, 5) is 10.7. The lowest BCUT2D eigenvalue weighted by molar-refractivity contribution is -0.145. The highest BCUT2D eigenvalue weighted by molar-refractivity contribution is 5.66. The van der Waals surface area contributed by atoms with Crippen molar-refractivity contribution in [1.82, 2.24) is 0 Å². The summed E-state index contributed by atoms with van der Waals surface area (Å²) < 4.78 is 10.1. The smallest absolute Gasteiger partial charge is 0.302 e. The van der Waals surface area contributed by atoms with E-state index >= 15 is 0 Å². The van der Waals surface area contributed by atoms with E-state index < -0.39 is 0 Å². The van der Waals surface area contributed by atoms with Crippen LogP contribution in [0.2, 0.25) is 0 Å². The highest BCUT2D eigenvalue weighted by Crippen LogP contribution is 2.13. The molecule has 1 rings (SSSR count). The molecule has 15 heavy (non-hydrogen) atoms. The van der Waals surface area contributed by atoms with Crippen molar-refractivity contribution in [3.63, 3.8) is 0 Å². The number of hydrogen-bond acceptors (Lipinski definition) is 3. The summed E-state index contributed by atoms with van der Waals surface area (Å²) in [6, 6.07) is 7.74. The molecule has 3 heteroatoms. The van der Waals surface area contributed by atoms with Gasteiger partial charge in [0.2, 0.25) is 0 Å². The van der Waals surface area contributed by atoms with Crippen molar-refractivity contribution >= 4 is 5.97 Å². The minimum Gasteiger partial charge on any atom is -0.497 e. The molecule has 0 saturated heterocycles. The Labute approximate surface area is 90.0 Å². The first kappa shape index (κ1) is 11.6. The lowest BCUT2D eigenvalue weighted by Crippen LogP contribution is -2.14. The molecule has 0 amide bonds. The van der Waals surface area contributed by atoms with Gasteiger partial charge in [-0.2, -0.15) is 0 Å². The van der Waals surface area contributed by atoms with Crippen LogP contribution in [0.4, 0.5) is 0 Å². The maximum Gasteiger partial charge on any atom is 0.302 e. The average Bonchev–Trinajstić information content (AvgIpc) is 2.17. The number of rotatable bonds is 4. The van der Waals surface area contributed by atoms with Crippen LogP contribution in [-0.2, 0) is 16.0 Å². The third-order valence-corrected chi connectivity index (χ3v) is 2.05. The second-order valence-corrected chi connectivity index (χ2v) is 3.47. The molecule has 0 saturated carbocycles. The largest absolute Gasteiger partial charge is 0.497 e. The Hall–Kier alpha value is -1.51. The predicted octanol–water partition coefficient (Wildman–Crippen LogP) is 2.19. The Balaban J connectivity index is 2.53. The summed E-state index contributed by atoms with van der Waals surface area (Å²) in [6.07, 6.45) is 0.639. The second kappa shape index (κ2) is 5.39. The number of ether oxygens (including phenoxy) is 2. The van der Waals surface area contributed by atoms with Crippen molar-refractivity contribution in [3.8, 4) is 5.75 Å². The van der Waals surface area contributed by atoms with Gasteiger partial charge < -0.3 is 9.47 Å². The molecule has 0 aliphatic rings. The molecule has 0 radical (unpaired) electrons. The number of esters is 1. The van der Waals surface area contributed by atoms with E-state index in [1.807, 2.05) is 31.2 Å². The fraction of sp³-hybridized carbons (Fsp3) is 0.417. The van der Waals surface area contributed by atoms with Crippen LogP contribution in [0, 0.1) is 0 Å². The number of carbonyl (C=O) groups excluding carboxylic acids is 1. The standard InChI is InChI=1S/C12H16O3/c1-9(15-10(2)13)8-11-4-6-12(14-3)7-5-11/h4-7,9H,8H2,1-3H3. The van der Waals surface area contributed by atoms with Crippen molar-refractivity contribution in [2.75, 3.05) is 7.11 Å². The normalized spacial score (nSPS) is 11.9. The van der Waals surface area contributed by atoms with Crippen LogP contribution < -0.4 is 4.74 Å². The van der Waals surface area contributed by atoms with Gasteiger partial charge in [-0.15, -0.1) is 0 Å². The second-order valence-electron chi connectivity index (χ2n) is 3.47. The van der Waals surface area contributed by atoms with Gasteiger partial charge in [-0.05, 0) is 24.6 Å². The first-order valence-electron chi connectivity index (χ1n) is 4.92. The van der Waals surface area contributed by atoms with Gasteiger partial charge in [0.15, 0.2) is 0 Å². The number of methoxy groups -OCH3 is 1. The van der Waals surface area contributed by atoms with Gasteiger partial charge in [0.1, 0.15) is 11.9 Å². The van der Waals surface area contributed by atoms with Gasteiger partial charge in [0.05, 0.1) is 7.11 Å². The highest BCUT2D eigenvalue weighted by Gasteiger charge is 2.06. The highest BCUT2D eigenvalue weighted by atomic mass is 16.5. The van der Waals surface area contributed by atoms with Gasteiger partial charge in [-0.25, -0.2) is 0 Å². The van der Waals surface area contributed by atoms with Crippen molar-refractivity contribution in [2.45, 2.75) is 26.4 Å². The summed E-state index contributed by atoms with van der Waals surface area (Å²) in [5.74, 6) is 0.593. The van der Waals surface area contributed by atoms with Crippen LogP contribution in [0.1, 0.15) is 19.4 Å². The van der Waals surface area contributed by atoms with Gasteiger partial charge in [0.25, 0.3) is 0 Å². The molecule has 1 aromatic carbocycles. The SMILES string of the molecule is COc1ccc(CC(C)OC(C)=O)cc1. The molecule has 0 fully saturated rings. The van der Waals surface area contributed by atoms with E-state index in [1.165, 1.54) is 6.92 Å². The van der Waals surface area contributed by atoms with Gasteiger partial charge in [0, 0.05) is 13.3 Å². The summed E-state index contributed by atoms with van der Waals surface area (Å²) in [7, 11) is 1.64. The Morgan fingerprint density at radius 3 is 2.40 bits per heavy atom. The maximum atomic E-state index is 10.7. The molecule has 3 nitrogen and oxygen atoms in total. The molecule has 0 aliphatic heterocycles. The zero-order valence-corrected chi connectivity index (χ0v) is 9.32. The Kier molecular flexibility index (Phi) is 4.16. The fourth-order valence-electron chi connectivity index (χ4n) is 1.42. The molecule has 0 spiro atoms. The first-order chi connectivity index (χ1) is 7.11. The third-order valence-electron chi connectivity index (χ3n) is 2.05. The number of carbonyl (C=O) groups is 1. The Morgan fingerprint density at radius 2 is 1.93 bits per heavy atom. The van der Waals surface area contributed by atoms with Crippen LogP contribution in [0.15, 0.2) is 24.3 Å². The molecule has 1 unspecified atom stereocenters. The van der Waals surface area contributed by atoms with Crippen LogP contribution in [0.5, 0.6) is 5.75 Å². The summed E-state index contributed by atoms with van der Waals surface area (Å²) >= 11 is 0. The zero-order valence-electron chi connectivity index (χ0n) is 9.32. The molecule has 1 atom stereocenters. The average molecular weight is 208 g/mol. The van der Waals surface area contributed by atoms with E-state index in [0.29, 0.717) is 0 Å². The molecule has 0 aromatic heterocycles. The Morgan fingerprint density at radius 1 is 1.33 bits per heavy atom. The molecule has 0 N–H and O–H groups in total. The zero-order chi connectivity index (χ0) is 11.3. The van der Waals surface area contributed by atoms with Crippen LogP contribution in [0.3, 0.4) is 0 Å². The lowest BCUT2D eigenvalue weighted by atomic mass is 10.1. The Bertz CT molecular complexity index is 316. The molecule has 82 valence electrons. The summed E-state index contributed by atoms with van der Waals surface area (Å²) in [5.41, 5.74) is 1.13. The monoisotopic (exact) mass is 208 g/mol. The van der Waals surface area contributed by atoms with E-state index in [2.05, 4.69) is 0 Å². The van der Waals surface area contributed by atoms with Crippen molar-refractivity contribution in [1.29, 1.82) is 0 Å². The number of hydrogen-bond donors (Lipinski definition) is 0. The van der Waals surface area contributed by atoms with E-state index in [-0.39, 0.29) is 12.1 Å². The minimum atomic E-state index is -0.240. The molecular formula is C12H16O3. The van der Waals surface area contributed by atoms with Crippen LogP contribution in [0.25, 0.3) is 0 Å². The fourth-order valence-corrected chi connectivity index (χ4v) is 1.42. The molecular weight excluding hydrogens is 192 g/mol. The van der Waals surface area contributed by atoms with Crippen molar-refractivity contribution < 1.29 is 14.3 Å². The quantitative estimate of drug-likeness (QED) is 0.711.